The number of ether oxygens (including phenoxy) is 2. The summed E-state index contributed by atoms with van der Waals surface area (Å²) < 4.78 is 25.7. The van der Waals surface area contributed by atoms with Crippen molar-refractivity contribution in [2.24, 2.45) is 0 Å². The molecule has 0 spiro atoms. The normalized spacial score (nSPS) is 11.1. The summed E-state index contributed by atoms with van der Waals surface area (Å²) in [7, 11) is 1.58. The summed E-state index contributed by atoms with van der Waals surface area (Å²) in [5, 5.41) is 6.98. The van der Waals surface area contributed by atoms with E-state index >= 15 is 0 Å². The second kappa shape index (κ2) is 9.73. The van der Waals surface area contributed by atoms with Crippen molar-refractivity contribution in [2.75, 3.05) is 12.4 Å². The number of benzene rings is 2. The van der Waals surface area contributed by atoms with Crippen LogP contribution in [0.4, 0.5) is 10.1 Å². The molecule has 0 unspecified atom stereocenters. The molecule has 156 valence electrons. The van der Waals surface area contributed by atoms with Crippen LogP contribution in [0.25, 0.3) is 6.08 Å². The van der Waals surface area contributed by atoms with Crippen LogP contribution >= 0.6 is 0 Å². The van der Waals surface area contributed by atoms with Gasteiger partial charge in [0.2, 0.25) is 5.91 Å². The maximum absolute atomic E-state index is 13.0. The Morgan fingerprint density at radius 3 is 2.67 bits per heavy atom. The molecule has 0 bridgehead atoms. The van der Waals surface area contributed by atoms with Gasteiger partial charge in [-0.25, -0.2) is 4.39 Å². The molecule has 0 saturated heterocycles. The van der Waals surface area contributed by atoms with Crippen molar-refractivity contribution < 1.29 is 18.7 Å². The molecule has 0 saturated carbocycles. The van der Waals surface area contributed by atoms with Crippen LogP contribution in [0.2, 0.25) is 0 Å². The molecule has 0 fully saturated rings. The Kier molecular flexibility index (Phi) is 6.85. The minimum atomic E-state index is -0.280. The first-order chi connectivity index (χ1) is 14.4. The molecule has 0 aliphatic rings. The molecule has 0 aliphatic carbocycles. The zero-order chi connectivity index (χ0) is 21.5. The first kappa shape index (κ1) is 21.1. The van der Waals surface area contributed by atoms with Gasteiger partial charge >= 0.3 is 0 Å². The van der Waals surface area contributed by atoms with Gasteiger partial charge < -0.3 is 14.8 Å². The van der Waals surface area contributed by atoms with Gasteiger partial charge in [-0.15, -0.1) is 0 Å². The second-order valence-corrected chi connectivity index (χ2v) is 6.95. The minimum absolute atomic E-state index is 0.0371. The highest BCUT2D eigenvalue weighted by atomic mass is 19.1. The first-order valence-corrected chi connectivity index (χ1v) is 9.53. The summed E-state index contributed by atoms with van der Waals surface area (Å²) in [6.45, 7) is 4.37. The number of amides is 1. The summed E-state index contributed by atoms with van der Waals surface area (Å²) >= 11 is 0. The molecule has 0 atom stereocenters. The number of carbonyl (C=O) groups excluding carboxylic acids is 1. The fourth-order valence-corrected chi connectivity index (χ4v) is 2.79. The summed E-state index contributed by atoms with van der Waals surface area (Å²) in [5.41, 5.74) is 2.30. The van der Waals surface area contributed by atoms with E-state index in [0.29, 0.717) is 23.7 Å². The molecule has 30 heavy (non-hydrogen) atoms. The molecule has 7 heteroatoms. The van der Waals surface area contributed by atoms with E-state index in [9.17, 15) is 9.18 Å². The van der Waals surface area contributed by atoms with E-state index in [0.717, 1.165) is 11.1 Å². The van der Waals surface area contributed by atoms with Crippen LogP contribution in [-0.2, 0) is 11.3 Å². The van der Waals surface area contributed by atoms with Gasteiger partial charge in [0.15, 0.2) is 11.5 Å². The van der Waals surface area contributed by atoms with E-state index in [4.69, 9.17) is 9.47 Å². The predicted molar refractivity (Wildman–Crippen MR) is 114 cm³/mol. The molecule has 3 rings (SSSR count). The Balaban J connectivity index is 1.59. The van der Waals surface area contributed by atoms with E-state index in [1.807, 2.05) is 32.0 Å². The van der Waals surface area contributed by atoms with Gasteiger partial charge in [0.05, 0.1) is 31.6 Å². The van der Waals surface area contributed by atoms with Crippen LogP contribution in [-0.4, -0.2) is 28.9 Å². The third-order valence-corrected chi connectivity index (χ3v) is 4.14. The number of hydrogen-bond donors (Lipinski definition) is 1. The zero-order valence-corrected chi connectivity index (χ0v) is 17.1. The van der Waals surface area contributed by atoms with Gasteiger partial charge in [-0.1, -0.05) is 18.2 Å². The molecule has 1 aromatic heterocycles. The van der Waals surface area contributed by atoms with E-state index in [1.165, 1.54) is 18.2 Å². The van der Waals surface area contributed by atoms with Gasteiger partial charge in [0.25, 0.3) is 0 Å². The van der Waals surface area contributed by atoms with Gasteiger partial charge in [-0.3, -0.25) is 9.48 Å². The van der Waals surface area contributed by atoms with Gasteiger partial charge in [0, 0.05) is 12.3 Å². The first-order valence-electron chi connectivity index (χ1n) is 9.53. The molecular formula is C23H24FN3O3. The zero-order valence-electron chi connectivity index (χ0n) is 17.1. The summed E-state index contributed by atoms with van der Waals surface area (Å²) in [6, 6.07) is 11.7. The third kappa shape index (κ3) is 5.94. The summed E-state index contributed by atoms with van der Waals surface area (Å²) in [6.07, 6.45) is 6.46. The molecule has 6 nitrogen and oxygen atoms in total. The van der Waals surface area contributed by atoms with Crippen molar-refractivity contribution in [3.05, 3.63) is 77.9 Å². The molecule has 1 heterocycles. The van der Waals surface area contributed by atoms with Gasteiger partial charge in [0.1, 0.15) is 5.82 Å². The van der Waals surface area contributed by atoms with Crippen molar-refractivity contribution in [3.63, 3.8) is 0 Å². The predicted octanol–water partition coefficient (Wildman–Crippen LogP) is 4.52. The lowest BCUT2D eigenvalue weighted by Gasteiger charge is -2.13. The molecule has 2 aromatic carbocycles. The van der Waals surface area contributed by atoms with Crippen LogP contribution in [0.15, 0.2) is 60.9 Å². The highest BCUT2D eigenvalue weighted by Gasteiger charge is 2.07. The van der Waals surface area contributed by atoms with Crippen molar-refractivity contribution in [3.8, 4) is 11.5 Å². The van der Waals surface area contributed by atoms with Crippen LogP contribution in [0.1, 0.15) is 25.0 Å². The molecule has 0 radical (unpaired) electrons. The third-order valence-electron chi connectivity index (χ3n) is 4.14. The maximum Gasteiger partial charge on any atom is 0.248 e. The smallest absolute Gasteiger partial charge is 0.248 e. The van der Waals surface area contributed by atoms with E-state index in [2.05, 4.69) is 10.4 Å². The van der Waals surface area contributed by atoms with Crippen LogP contribution < -0.4 is 14.8 Å². The van der Waals surface area contributed by atoms with Crippen LogP contribution in [0, 0.1) is 5.82 Å². The minimum Gasteiger partial charge on any atom is -0.493 e. The molecule has 1 amide bonds. The number of aromatic nitrogens is 2. The number of hydrogen-bond acceptors (Lipinski definition) is 4. The number of rotatable bonds is 8. The number of carbonyl (C=O) groups is 1. The lowest BCUT2D eigenvalue weighted by atomic mass is 10.2. The van der Waals surface area contributed by atoms with Crippen molar-refractivity contribution in [1.29, 1.82) is 0 Å². The van der Waals surface area contributed by atoms with Gasteiger partial charge in [-0.05, 0) is 55.3 Å². The second-order valence-electron chi connectivity index (χ2n) is 6.95. The Bertz CT molecular complexity index is 1030. The fraction of sp³-hybridized carbons (Fsp3) is 0.217. The van der Waals surface area contributed by atoms with Crippen LogP contribution in [0.3, 0.4) is 0 Å². The van der Waals surface area contributed by atoms with Gasteiger partial charge in [-0.2, -0.15) is 5.10 Å². The lowest BCUT2D eigenvalue weighted by Crippen LogP contribution is -2.07. The number of methoxy groups -OCH3 is 1. The average molecular weight is 409 g/mol. The van der Waals surface area contributed by atoms with E-state index in [1.54, 1.807) is 42.4 Å². The van der Waals surface area contributed by atoms with Crippen molar-refractivity contribution in [2.45, 2.75) is 26.5 Å². The highest BCUT2D eigenvalue weighted by molar-refractivity contribution is 6.01. The number of nitrogens with zero attached hydrogens (tertiary/aromatic N) is 2. The Morgan fingerprint density at radius 1 is 1.20 bits per heavy atom. The monoisotopic (exact) mass is 409 g/mol. The van der Waals surface area contributed by atoms with Crippen molar-refractivity contribution >= 4 is 17.7 Å². The largest absolute Gasteiger partial charge is 0.493 e. The van der Waals surface area contributed by atoms with E-state index in [-0.39, 0.29) is 17.8 Å². The summed E-state index contributed by atoms with van der Waals surface area (Å²) in [5.74, 6) is 0.701. The lowest BCUT2D eigenvalue weighted by molar-refractivity contribution is -0.111. The number of halogens is 1. The Hall–Kier alpha value is -3.61. The number of nitrogens with one attached hydrogen (secondary N) is 1. The Morgan fingerprint density at radius 2 is 1.97 bits per heavy atom. The molecule has 1 N–H and O–H groups in total. The molecular weight excluding hydrogens is 385 g/mol. The standard InChI is InChI=1S/C23H24FN3O3/c1-16(2)30-21-10-6-17(12-22(21)29-3)7-11-23(28)26-20-13-25-27(15-20)14-18-4-8-19(24)9-5-18/h4-13,15-16H,14H2,1-3H3,(H,26,28)/b11-7+. The Labute approximate surface area is 174 Å². The van der Waals surface area contributed by atoms with E-state index < -0.39 is 0 Å². The molecule has 0 aliphatic heterocycles. The van der Waals surface area contributed by atoms with Crippen LogP contribution in [0.5, 0.6) is 11.5 Å². The summed E-state index contributed by atoms with van der Waals surface area (Å²) in [4.78, 5) is 12.2. The fourth-order valence-electron chi connectivity index (χ4n) is 2.79. The topological polar surface area (TPSA) is 65.4 Å². The quantitative estimate of drug-likeness (QED) is 0.556. The van der Waals surface area contributed by atoms with Crippen molar-refractivity contribution in [1.82, 2.24) is 9.78 Å². The molecule has 3 aromatic rings. The highest BCUT2D eigenvalue weighted by Crippen LogP contribution is 2.29. The number of anilines is 1. The SMILES string of the molecule is COc1cc(/C=C/C(=O)Nc2cnn(Cc3ccc(F)cc3)c2)ccc1OC(C)C. The average Bonchev–Trinajstić information content (AvgIpc) is 3.15. The maximum atomic E-state index is 13.0.